The van der Waals surface area contributed by atoms with Gasteiger partial charge in [-0.25, -0.2) is 4.79 Å². The van der Waals surface area contributed by atoms with E-state index in [4.69, 9.17) is 11.6 Å². The number of hydrogen-bond acceptors (Lipinski definition) is 5. The maximum Gasteiger partial charge on any atom is 0.434 e. The van der Waals surface area contributed by atoms with Crippen LogP contribution in [0.4, 0.5) is 23.7 Å². The maximum absolute atomic E-state index is 13.9. The smallest absolute Gasteiger partial charge is 0.426 e. The van der Waals surface area contributed by atoms with Crippen LogP contribution in [0.5, 0.6) is 0 Å². The third-order valence-electron chi connectivity index (χ3n) is 3.73. The lowest BCUT2D eigenvalue weighted by Crippen LogP contribution is -2.56. The lowest BCUT2D eigenvalue weighted by Gasteiger charge is -2.39. The molecule has 11 heteroatoms. The zero-order valence-electron chi connectivity index (χ0n) is 12.9. The van der Waals surface area contributed by atoms with Crippen molar-refractivity contribution >= 4 is 40.6 Å². The Morgan fingerprint density at radius 2 is 2.19 bits per heavy atom. The van der Waals surface area contributed by atoms with Crippen LogP contribution >= 0.6 is 22.9 Å². The number of anilines is 1. The van der Waals surface area contributed by atoms with Gasteiger partial charge in [0.05, 0.1) is 24.2 Å². The van der Waals surface area contributed by atoms with Crippen LogP contribution in [-0.2, 0) is 21.6 Å². The van der Waals surface area contributed by atoms with E-state index >= 15 is 0 Å². The first-order valence-electron chi connectivity index (χ1n) is 7.22. The summed E-state index contributed by atoms with van der Waals surface area (Å²) < 4.78 is 46.3. The van der Waals surface area contributed by atoms with Crippen molar-refractivity contribution in [3.63, 3.8) is 0 Å². The molecular weight excluding hydrogens is 395 g/mol. The molecule has 2 heterocycles. The van der Waals surface area contributed by atoms with Gasteiger partial charge in [-0.15, -0.1) is 11.3 Å². The molecule has 0 saturated carbocycles. The Balaban J connectivity index is 1.92. The second-order valence-electron chi connectivity index (χ2n) is 5.45. The number of amides is 2. The molecule has 1 unspecified atom stereocenters. The van der Waals surface area contributed by atoms with Gasteiger partial charge in [-0.1, -0.05) is 11.6 Å². The number of hydrogen-bond donors (Lipinski definition) is 2. The summed E-state index contributed by atoms with van der Waals surface area (Å²) in [5, 5.41) is 4.42. The monoisotopic (exact) mass is 405 g/mol. The maximum atomic E-state index is 13.9. The van der Waals surface area contributed by atoms with Crippen LogP contribution in [0.2, 0.25) is 5.02 Å². The lowest BCUT2D eigenvalue weighted by atomic mass is 9.89. The van der Waals surface area contributed by atoms with E-state index in [0.717, 1.165) is 6.07 Å². The molecule has 0 bridgehead atoms. The summed E-state index contributed by atoms with van der Waals surface area (Å²) in [6.45, 7) is -0.977. The van der Waals surface area contributed by atoms with E-state index in [1.54, 1.807) is 0 Å². The molecule has 3 rings (SSSR count). The molecule has 2 amide bonds. The molecule has 1 aromatic heterocycles. The van der Waals surface area contributed by atoms with Crippen LogP contribution in [0.25, 0.3) is 0 Å². The van der Waals surface area contributed by atoms with Gasteiger partial charge in [-0.05, 0) is 18.2 Å². The fraction of sp³-hybridized carbons (Fsp3) is 0.267. The highest BCUT2D eigenvalue weighted by Gasteiger charge is 2.62. The highest BCUT2D eigenvalue weighted by Crippen LogP contribution is 2.47. The Morgan fingerprint density at radius 1 is 1.42 bits per heavy atom. The second kappa shape index (κ2) is 6.76. The minimum Gasteiger partial charge on any atom is -0.426 e. The molecule has 0 fully saturated rings. The number of carbonyl (C=O) groups is 2. The Morgan fingerprint density at radius 3 is 2.85 bits per heavy atom. The number of aromatic nitrogens is 1. The second-order valence-corrected chi connectivity index (χ2v) is 6.86. The van der Waals surface area contributed by atoms with Gasteiger partial charge < -0.3 is 10.1 Å². The molecule has 0 saturated heterocycles. The normalized spacial score (nSPS) is 19.3. The van der Waals surface area contributed by atoms with Crippen LogP contribution in [-0.4, -0.2) is 29.7 Å². The minimum absolute atomic E-state index is 0.0353. The van der Waals surface area contributed by atoms with Crippen LogP contribution in [0.15, 0.2) is 29.9 Å². The number of fused-ring (bicyclic) bond motifs is 1. The fourth-order valence-electron chi connectivity index (χ4n) is 2.52. The van der Waals surface area contributed by atoms with E-state index < -0.39 is 30.3 Å². The highest BCUT2D eigenvalue weighted by molar-refractivity contribution is 7.09. The molecule has 2 aromatic rings. The Hall–Kier alpha value is -2.33. The number of alkyl halides is 3. The average molecular weight is 406 g/mol. The lowest BCUT2D eigenvalue weighted by molar-refractivity contribution is -0.262. The largest absolute Gasteiger partial charge is 0.434 e. The van der Waals surface area contributed by atoms with Crippen molar-refractivity contribution in [1.82, 2.24) is 10.3 Å². The first-order chi connectivity index (χ1) is 12.2. The van der Waals surface area contributed by atoms with Gasteiger partial charge in [0, 0.05) is 21.7 Å². The molecule has 6 nitrogen and oxygen atoms in total. The SMILES string of the molecule is O=C(Cc1cncs1)NCC1(C(F)(F)F)OC(=O)Nc2ccc(Cl)cc21. The molecule has 0 radical (unpaired) electrons. The van der Waals surface area contributed by atoms with Crippen LogP contribution in [0.1, 0.15) is 10.4 Å². The number of thiazole rings is 1. The Labute approximate surface area is 154 Å². The van der Waals surface area contributed by atoms with Gasteiger partial charge in [-0.2, -0.15) is 13.2 Å². The predicted octanol–water partition coefficient (Wildman–Crippen LogP) is 3.48. The molecule has 1 aliphatic rings. The first kappa shape index (κ1) is 18.5. The standard InChI is InChI=1S/C15H11ClF3N3O3S/c16-8-1-2-11-10(3-8)14(15(17,18)19,25-13(24)22-11)6-21-12(23)4-9-5-20-7-26-9/h1-3,5,7H,4,6H2,(H,21,23)(H,22,24). The summed E-state index contributed by atoms with van der Waals surface area (Å²) in [6.07, 6.45) is -4.94. The molecule has 0 spiro atoms. The number of ether oxygens (including phenoxy) is 1. The fourth-order valence-corrected chi connectivity index (χ4v) is 3.29. The number of benzene rings is 1. The summed E-state index contributed by atoms with van der Waals surface area (Å²) >= 11 is 7.02. The van der Waals surface area contributed by atoms with Crippen molar-refractivity contribution in [1.29, 1.82) is 0 Å². The van der Waals surface area contributed by atoms with Crippen LogP contribution in [0.3, 0.4) is 0 Å². The summed E-state index contributed by atoms with van der Waals surface area (Å²) in [5.41, 5.74) is -2.00. The number of nitrogens with one attached hydrogen (secondary N) is 2. The number of rotatable bonds is 4. The molecule has 26 heavy (non-hydrogen) atoms. The average Bonchev–Trinajstić information content (AvgIpc) is 3.05. The van der Waals surface area contributed by atoms with E-state index in [9.17, 15) is 22.8 Å². The molecular formula is C15H11ClF3N3O3S. The van der Waals surface area contributed by atoms with E-state index in [0.29, 0.717) is 4.88 Å². The zero-order chi connectivity index (χ0) is 18.9. The summed E-state index contributed by atoms with van der Waals surface area (Å²) in [4.78, 5) is 28.1. The molecule has 0 aliphatic carbocycles. The number of carbonyl (C=O) groups excluding carboxylic acids is 2. The predicted molar refractivity (Wildman–Crippen MR) is 88.1 cm³/mol. The number of nitrogens with zero attached hydrogens (tertiary/aromatic N) is 1. The van der Waals surface area contributed by atoms with E-state index in [2.05, 4.69) is 20.4 Å². The molecule has 2 N–H and O–H groups in total. The number of halogens is 4. The quantitative estimate of drug-likeness (QED) is 0.816. The summed E-state index contributed by atoms with van der Waals surface area (Å²) in [5.74, 6) is -0.656. The van der Waals surface area contributed by atoms with Crippen LogP contribution in [0, 0.1) is 0 Å². The highest BCUT2D eigenvalue weighted by atomic mass is 35.5. The van der Waals surface area contributed by atoms with Gasteiger partial charge in [-0.3, -0.25) is 15.1 Å². The van der Waals surface area contributed by atoms with Crippen molar-refractivity contribution in [2.45, 2.75) is 18.2 Å². The molecule has 1 atom stereocenters. The van der Waals surface area contributed by atoms with Gasteiger partial charge in [0.2, 0.25) is 5.91 Å². The van der Waals surface area contributed by atoms with Crippen molar-refractivity contribution in [2.75, 3.05) is 11.9 Å². The Kier molecular flexibility index (Phi) is 4.80. The van der Waals surface area contributed by atoms with Gasteiger partial charge in [0.25, 0.3) is 5.60 Å². The van der Waals surface area contributed by atoms with Crippen molar-refractivity contribution in [2.24, 2.45) is 0 Å². The molecule has 1 aromatic carbocycles. The minimum atomic E-state index is -4.98. The van der Waals surface area contributed by atoms with Crippen molar-refractivity contribution < 1.29 is 27.5 Å². The Bertz CT molecular complexity index is 844. The van der Waals surface area contributed by atoms with Crippen LogP contribution < -0.4 is 10.6 Å². The van der Waals surface area contributed by atoms with Gasteiger partial charge >= 0.3 is 12.3 Å². The van der Waals surface area contributed by atoms with Crippen molar-refractivity contribution in [3.05, 3.63) is 45.4 Å². The third kappa shape index (κ3) is 3.47. The van der Waals surface area contributed by atoms with E-state index in [-0.39, 0.29) is 22.7 Å². The summed E-state index contributed by atoms with van der Waals surface area (Å²) in [6, 6.07) is 3.65. The zero-order valence-corrected chi connectivity index (χ0v) is 14.5. The topological polar surface area (TPSA) is 80.3 Å². The first-order valence-corrected chi connectivity index (χ1v) is 8.48. The summed E-state index contributed by atoms with van der Waals surface area (Å²) in [7, 11) is 0. The van der Waals surface area contributed by atoms with Crippen molar-refractivity contribution in [3.8, 4) is 0 Å². The van der Waals surface area contributed by atoms with Gasteiger partial charge in [0.1, 0.15) is 0 Å². The van der Waals surface area contributed by atoms with E-state index in [1.807, 2.05) is 0 Å². The van der Waals surface area contributed by atoms with Gasteiger partial charge in [0.15, 0.2) is 0 Å². The number of cyclic esters (lactones) is 1. The molecule has 1 aliphatic heterocycles. The third-order valence-corrected chi connectivity index (χ3v) is 4.75. The molecule has 138 valence electrons. The van der Waals surface area contributed by atoms with E-state index in [1.165, 1.54) is 35.2 Å².